The van der Waals surface area contributed by atoms with Crippen LogP contribution in [-0.2, 0) is 14.3 Å². The Morgan fingerprint density at radius 1 is 1.13 bits per heavy atom. The van der Waals surface area contributed by atoms with Crippen molar-refractivity contribution in [3.63, 3.8) is 0 Å². The highest BCUT2D eigenvalue weighted by molar-refractivity contribution is 5.95. The van der Waals surface area contributed by atoms with E-state index in [0.717, 1.165) is 5.56 Å². The van der Waals surface area contributed by atoms with Crippen LogP contribution in [0.15, 0.2) is 52.8 Å². The molecule has 3 N–H and O–H groups in total. The van der Waals surface area contributed by atoms with E-state index in [0.29, 0.717) is 47.5 Å². The van der Waals surface area contributed by atoms with Gasteiger partial charge < -0.3 is 34.3 Å². The number of carbonyl (C=O) groups excluding carboxylic acids is 3. The van der Waals surface area contributed by atoms with Crippen LogP contribution in [0.3, 0.4) is 0 Å². The van der Waals surface area contributed by atoms with Crippen molar-refractivity contribution in [2.45, 2.75) is 19.9 Å². The highest BCUT2D eigenvalue weighted by atomic mass is 16.6. The number of ether oxygens (including phenoxy) is 5. The fourth-order valence-electron chi connectivity index (χ4n) is 3.90. The molecule has 2 aromatic carbocycles. The normalized spacial score (nSPS) is 16.4. The second-order valence-corrected chi connectivity index (χ2v) is 8.19. The van der Waals surface area contributed by atoms with E-state index in [1.807, 2.05) is 0 Å². The van der Waals surface area contributed by atoms with E-state index in [1.165, 1.54) is 13.3 Å². The van der Waals surface area contributed by atoms with Gasteiger partial charge in [-0.1, -0.05) is 6.07 Å². The standard InChI is InChI=1S/C26H28N4O8/c1-4-35-25(32)23-15(2)28-26(33)29-24(23)17-6-8-18(20(12-17)34-3)38-14-22(31)30-27-13-16-5-7-19-21(11-16)37-10-9-36-19/h5-8,11-13,24H,4,9-10,14H2,1-3H3,(H,30,31)(H2,28,29,33)/b27-13+/t24-/m0/s1. The molecule has 4 rings (SSSR count). The molecule has 2 aromatic rings. The Balaban J connectivity index is 1.39. The molecule has 2 heterocycles. The Morgan fingerprint density at radius 2 is 1.92 bits per heavy atom. The minimum atomic E-state index is -0.760. The van der Waals surface area contributed by atoms with Gasteiger partial charge in [-0.25, -0.2) is 15.0 Å². The lowest BCUT2D eigenvalue weighted by Gasteiger charge is -2.28. The summed E-state index contributed by atoms with van der Waals surface area (Å²) >= 11 is 0. The van der Waals surface area contributed by atoms with E-state index in [4.69, 9.17) is 23.7 Å². The third kappa shape index (κ3) is 6.14. The van der Waals surface area contributed by atoms with E-state index in [-0.39, 0.29) is 18.8 Å². The molecule has 38 heavy (non-hydrogen) atoms. The Labute approximate surface area is 218 Å². The minimum Gasteiger partial charge on any atom is -0.493 e. The number of amides is 3. The molecule has 12 nitrogen and oxygen atoms in total. The number of hydrogen-bond acceptors (Lipinski definition) is 9. The van der Waals surface area contributed by atoms with Crippen LogP contribution < -0.4 is 35.0 Å². The van der Waals surface area contributed by atoms with Gasteiger partial charge in [0.15, 0.2) is 29.6 Å². The molecule has 0 fully saturated rings. The average molecular weight is 525 g/mol. The van der Waals surface area contributed by atoms with Crippen molar-refractivity contribution in [1.29, 1.82) is 0 Å². The van der Waals surface area contributed by atoms with Gasteiger partial charge >= 0.3 is 12.0 Å². The number of nitrogens with zero attached hydrogens (tertiary/aromatic N) is 1. The maximum atomic E-state index is 12.5. The second kappa shape index (κ2) is 12.0. The summed E-state index contributed by atoms with van der Waals surface area (Å²) in [4.78, 5) is 36.9. The van der Waals surface area contributed by atoms with E-state index >= 15 is 0 Å². The van der Waals surface area contributed by atoms with Gasteiger partial charge in [-0.15, -0.1) is 0 Å². The molecule has 2 aliphatic rings. The predicted molar refractivity (Wildman–Crippen MR) is 135 cm³/mol. The van der Waals surface area contributed by atoms with E-state index in [9.17, 15) is 14.4 Å². The van der Waals surface area contributed by atoms with Crippen molar-refractivity contribution in [3.8, 4) is 23.0 Å². The van der Waals surface area contributed by atoms with Crippen molar-refractivity contribution < 1.29 is 38.1 Å². The number of methoxy groups -OCH3 is 1. The molecular weight excluding hydrogens is 496 g/mol. The van der Waals surface area contributed by atoms with Gasteiger partial charge in [0.05, 0.1) is 31.5 Å². The maximum absolute atomic E-state index is 12.5. The van der Waals surface area contributed by atoms with Gasteiger partial charge in [0.1, 0.15) is 13.2 Å². The van der Waals surface area contributed by atoms with Crippen LogP contribution in [0.1, 0.15) is 31.0 Å². The first kappa shape index (κ1) is 26.3. The molecule has 0 unspecified atom stereocenters. The van der Waals surface area contributed by atoms with Gasteiger partial charge in [-0.05, 0) is 55.3 Å². The van der Waals surface area contributed by atoms with Crippen molar-refractivity contribution in [2.24, 2.45) is 5.10 Å². The number of urea groups is 1. The summed E-state index contributed by atoms with van der Waals surface area (Å²) in [5.41, 5.74) is 4.37. The number of hydrogen-bond donors (Lipinski definition) is 3. The maximum Gasteiger partial charge on any atom is 0.338 e. The summed E-state index contributed by atoms with van der Waals surface area (Å²) in [7, 11) is 1.44. The molecule has 0 saturated carbocycles. The van der Waals surface area contributed by atoms with Gasteiger partial charge in [0.25, 0.3) is 5.91 Å². The molecule has 0 saturated heterocycles. The topological polar surface area (TPSA) is 146 Å². The zero-order valence-corrected chi connectivity index (χ0v) is 21.2. The fraction of sp³-hybridized carbons (Fsp3) is 0.308. The summed E-state index contributed by atoms with van der Waals surface area (Å²) in [6.07, 6.45) is 1.48. The van der Waals surface area contributed by atoms with Crippen LogP contribution in [-0.4, -0.2) is 57.7 Å². The average Bonchev–Trinajstić information content (AvgIpc) is 2.91. The molecule has 0 radical (unpaired) electrons. The Kier molecular flexibility index (Phi) is 8.31. The number of rotatable bonds is 9. The minimum absolute atomic E-state index is 0.190. The summed E-state index contributed by atoms with van der Waals surface area (Å²) in [5.74, 6) is 0.852. The van der Waals surface area contributed by atoms with Gasteiger partial charge in [0.2, 0.25) is 0 Å². The number of fused-ring (bicyclic) bond motifs is 1. The molecule has 200 valence electrons. The fourth-order valence-corrected chi connectivity index (χ4v) is 3.90. The number of nitrogens with one attached hydrogen (secondary N) is 3. The number of carbonyl (C=O) groups is 3. The smallest absolute Gasteiger partial charge is 0.338 e. The third-order valence-electron chi connectivity index (χ3n) is 5.61. The van der Waals surface area contributed by atoms with Crippen molar-refractivity contribution in [3.05, 3.63) is 58.8 Å². The highest BCUT2D eigenvalue weighted by Crippen LogP contribution is 2.34. The molecule has 0 aromatic heterocycles. The summed E-state index contributed by atoms with van der Waals surface area (Å²) in [5, 5.41) is 9.26. The number of allylic oxidation sites excluding steroid dienone is 1. The Hall–Kier alpha value is -4.74. The largest absolute Gasteiger partial charge is 0.493 e. The SMILES string of the molecule is CCOC(=O)C1=C(C)NC(=O)N[C@H]1c1ccc(OCC(=O)N/N=C/c2ccc3c(c2)OCCO3)c(OC)c1. The quantitative estimate of drug-likeness (QED) is 0.257. The molecule has 0 bridgehead atoms. The summed E-state index contributed by atoms with van der Waals surface area (Å²) < 4.78 is 27.2. The molecule has 3 amide bonds. The number of benzene rings is 2. The molecule has 0 aliphatic carbocycles. The first-order chi connectivity index (χ1) is 18.4. The van der Waals surface area contributed by atoms with Crippen LogP contribution in [0.5, 0.6) is 23.0 Å². The molecular formula is C26H28N4O8. The van der Waals surface area contributed by atoms with Crippen LogP contribution in [0.2, 0.25) is 0 Å². The lowest BCUT2D eigenvalue weighted by molar-refractivity contribution is -0.139. The summed E-state index contributed by atoms with van der Waals surface area (Å²) in [6.45, 7) is 4.17. The Morgan fingerprint density at radius 3 is 2.68 bits per heavy atom. The van der Waals surface area contributed by atoms with Crippen molar-refractivity contribution >= 4 is 24.1 Å². The number of esters is 1. The number of hydrazone groups is 1. The van der Waals surface area contributed by atoms with Crippen LogP contribution >= 0.6 is 0 Å². The van der Waals surface area contributed by atoms with Gasteiger partial charge in [-0.2, -0.15) is 5.10 Å². The first-order valence-electron chi connectivity index (χ1n) is 11.9. The second-order valence-electron chi connectivity index (χ2n) is 8.19. The molecule has 0 spiro atoms. The molecule has 2 aliphatic heterocycles. The van der Waals surface area contributed by atoms with Crippen LogP contribution in [0, 0.1) is 0 Å². The highest BCUT2D eigenvalue weighted by Gasteiger charge is 2.32. The van der Waals surface area contributed by atoms with Crippen molar-refractivity contribution in [1.82, 2.24) is 16.1 Å². The molecule has 1 atom stereocenters. The van der Waals surface area contributed by atoms with Crippen LogP contribution in [0.4, 0.5) is 4.79 Å². The van der Waals surface area contributed by atoms with Crippen LogP contribution in [0.25, 0.3) is 0 Å². The van der Waals surface area contributed by atoms with E-state index in [2.05, 4.69) is 21.2 Å². The van der Waals surface area contributed by atoms with E-state index in [1.54, 1.807) is 50.2 Å². The third-order valence-corrected chi connectivity index (χ3v) is 5.61. The molecule has 12 heteroatoms. The first-order valence-corrected chi connectivity index (χ1v) is 11.9. The lowest BCUT2D eigenvalue weighted by Crippen LogP contribution is -2.45. The van der Waals surface area contributed by atoms with Gasteiger partial charge in [0, 0.05) is 5.70 Å². The monoisotopic (exact) mass is 524 g/mol. The predicted octanol–water partition coefficient (Wildman–Crippen LogP) is 2.19. The van der Waals surface area contributed by atoms with Gasteiger partial charge in [-0.3, -0.25) is 4.79 Å². The van der Waals surface area contributed by atoms with Crippen molar-refractivity contribution in [2.75, 3.05) is 33.5 Å². The lowest BCUT2D eigenvalue weighted by atomic mass is 9.95. The zero-order valence-electron chi connectivity index (χ0n) is 21.2. The Bertz CT molecular complexity index is 1290. The zero-order chi connectivity index (χ0) is 27.1. The van der Waals surface area contributed by atoms with E-state index < -0.39 is 23.9 Å². The summed E-state index contributed by atoms with van der Waals surface area (Å²) in [6, 6.07) is 9.00.